The summed E-state index contributed by atoms with van der Waals surface area (Å²) in [7, 11) is 0. The molecule has 0 aromatic rings. The van der Waals surface area contributed by atoms with Crippen molar-refractivity contribution >= 4 is 0 Å². The Labute approximate surface area is 131 Å². The normalized spacial score (nSPS) is 31.0. The summed E-state index contributed by atoms with van der Waals surface area (Å²) in [6.45, 7) is 10.1. The van der Waals surface area contributed by atoms with Crippen LogP contribution < -0.4 is 5.32 Å². The number of piperidine rings is 2. The lowest BCUT2D eigenvalue weighted by Gasteiger charge is -2.37. The van der Waals surface area contributed by atoms with Crippen molar-refractivity contribution in [1.29, 1.82) is 0 Å². The Hall–Kier alpha value is -0.120. The summed E-state index contributed by atoms with van der Waals surface area (Å²) < 4.78 is 0. The van der Waals surface area contributed by atoms with Gasteiger partial charge in [0.1, 0.15) is 0 Å². The summed E-state index contributed by atoms with van der Waals surface area (Å²) in [5.41, 5.74) is 0. The van der Waals surface area contributed by atoms with Crippen LogP contribution in [-0.4, -0.2) is 61.2 Å². The highest BCUT2D eigenvalue weighted by atomic mass is 15.2. The van der Waals surface area contributed by atoms with Gasteiger partial charge in [0.2, 0.25) is 0 Å². The van der Waals surface area contributed by atoms with Crippen LogP contribution >= 0.6 is 0 Å². The minimum absolute atomic E-state index is 0.756. The minimum Gasteiger partial charge on any atom is -0.312 e. The lowest BCUT2D eigenvalue weighted by molar-refractivity contribution is 0.128. The SMILES string of the molecule is CCN1CCC[C@@H](NCC2CCN(C3CCCC3)CC2)C1. The van der Waals surface area contributed by atoms with Crippen LogP contribution in [0.3, 0.4) is 0 Å². The third-order valence-corrected chi connectivity index (χ3v) is 6.14. The number of nitrogens with zero attached hydrogens (tertiary/aromatic N) is 2. The average Bonchev–Trinajstić information content (AvgIpc) is 3.08. The maximum Gasteiger partial charge on any atom is 0.0195 e. The van der Waals surface area contributed by atoms with E-state index in [0.29, 0.717) is 0 Å². The quantitative estimate of drug-likeness (QED) is 0.841. The molecule has 3 nitrogen and oxygen atoms in total. The molecular weight excluding hydrogens is 258 g/mol. The zero-order valence-electron chi connectivity index (χ0n) is 14.0. The van der Waals surface area contributed by atoms with Crippen LogP contribution in [0.5, 0.6) is 0 Å². The molecule has 21 heavy (non-hydrogen) atoms. The van der Waals surface area contributed by atoms with Gasteiger partial charge in [0.25, 0.3) is 0 Å². The number of nitrogens with one attached hydrogen (secondary N) is 1. The van der Waals surface area contributed by atoms with E-state index in [2.05, 4.69) is 22.0 Å². The van der Waals surface area contributed by atoms with Crippen molar-refractivity contribution in [1.82, 2.24) is 15.1 Å². The average molecular weight is 293 g/mol. The van der Waals surface area contributed by atoms with E-state index in [0.717, 1.165) is 18.0 Å². The molecule has 0 aromatic heterocycles. The van der Waals surface area contributed by atoms with Crippen molar-refractivity contribution < 1.29 is 0 Å². The van der Waals surface area contributed by atoms with Gasteiger partial charge in [0.15, 0.2) is 0 Å². The summed E-state index contributed by atoms with van der Waals surface area (Å²) in [6, 6.07) is 1.70. The largest absolute Gasteiger partial charge is 0.312 e. The number of rotatable bonds is 5. The smallest absolute Gasteiger partial charge is 0.0195 e. The lowest BCUT2D eigenvalue weighted by Crippen LogP contribution is -2.48. The maximum atomic E-state index is 3.88. The molecule has 122 valence electrons. The predicted octanol–water partition coefficient (Wildman–Crippen LogP) is 2.71. The number of hydrogen-bond donors (Lipinski definition) is 1. The molecule has 1 aliphatic carbocycles. The fraction of sp³-hybridized carbons (Fsp3) is 1.00. The van der Waals surface area contributed by atoms with Crippen LogP contribution in [0.4, 0.5) is 0 Å². The molecular formula is C18H35N3. The van der Waals surface area contributed by atoms with Gasteiger partial charge in [-0.3, -0.25) is 0 Å². The van der Waals surface area contributed by atoms with E-state index in [-0.39, 0.29) is 0 Å². The van der Waals surface area contributed by atoms with Gasteiger partial charge in [-0.05, 0) is 77.2 Å². The number of likely N-dealkylation sites (N-methyl/N-ethyl adjacent to an activating group) is 1. The Morgan fingerprint density at radius 1 is 0.905 bits per heavy atom. The molecule has 1 atom stereocenters. The van der Waals surface area contributed by atoms with Gasteiger partial charge in [-0.2, -0.15) is 0 Å². The number of likely N-dealkylation sites (tertiary alicyclic amines) is 2. The van der Waals surface area contributed by atoms with Gasteiger partial charge in [-0.25, -0.2) is 0 Å². The van der Waals surface area contributed by atoms with E-state index in [1.165, 1.54) is 90.6 Å². The summed E-state index contributed by atoms with van der Waals surface area (Å²) >= 11 is 0. The van der Waals surface area contributed by atoms with Crippen LogP contribution in [-0.2, 0) is 0 Å². The highest BCUT2D eigenvalue weighted by Gasteiger charge is 2.27. The third kappa shape index (κ3) is 4.43. The Balaban J connectivity index is 1.33. The first-order chi connectivity index (χ1) is 10.3. The molecule has 0 bridgehead atoms. The van der Waals surface area contributed by atoms with Gasteiger partial charge in [0, 0.05) is 18.6 Å². The molecule has 3 fully saturated rings. The Morgan fingerprint density at radius 2 is 1.67 bits per heavy atom. The molecule has 3 aliphatic rings. The van der Waals surface area contributed by atoms with E-state index in [4.69, 9.17) is 0 Å². The van der Waals surface area contributed by atoms with Crippen LogP contribution in [0.15, 0.2) is 0 Å². The first kappa shape index (κ1) is 15.8. The second-order valence-corrected chi connectivity index (χ2v) is 7.56. The van der Waals surface area contributed by atoms with Gasteiger partial charge < -0.3 is 15.1 Å². The van der Waals surface area contributed by atoms with Crippen molar-refractivity contribution in [2.45, 2.75) is 70.4 Å². The number of hydrogen-bond acceptors (Lipinski definition) is 3. The van der Waals surface area contributed by atoms with Crippen LogP contribution in [0.1, 0.15) is 58.3 Å². The maximum absolute atomic E-state index is 3.88. The van der Waals surface area contributed by atoms with Crippen LogP contribution in [0.25, 0.3) is 0 Å². The molecule has 2 heterocycles. The second-order valence-electron chi connectivity index (χ2n) is 7.56. The van der Waals surface area contributed by atoms with Gasteiger partial charge >= 0.3 is 0 Å². The fourth-order valence-electron chi connectivity index (χ4n) is 4.63. The molecule has 3 heteroatoms. The molecule has 2 aliphatic heterocycles. The highest BCUT2D eigenvalue weighted by Crippen LogP contribution is 2.27. The van der Waals surface area contributed by atoms with E-state index in [1.807, 2.05) is 0 Å². The summed E-state index contributed by atoms with van der Waals surface area (Å²) in [6.07, 6.45) is 11.5. The molecule has 0 radical (unpaired) electrons. The molecule has 2 saturated heterocycles. The molecule has 0 amide bonds. The topological polar surface area (TPSA) is 18.5 Å². The first-order valence-electron chi connectivity index (χ1n) is 9.55. The van der Waals surface area contributed by atoms with E-state index >= 15 is 0 Å². The first-order valence-corrected chi connectivity index (χ1v) is 9.55. The minimum atomic E-state index is 0.756. The lowest BCUT2D eigenvalue weighted by atomic mass is 9.94. The van der Waals surface area contributed by atoms with E-state index < -0.39 is 0 Å². The molecule has 0 unspecified atom stereocenters. The van der Waals surface area contributed by atoms with Gasteiger partial charge in [-0.15, -0.1) is 0 Å². The second kappa shape index (κ2) is 7.94. The molecule has 0 spiro atoms. The fourth-order valence-corrected chi connectivity index (χ4v) is 4.63. The van der Waals surface area contributed by atoms with Crippen molar-refractivity contribution in [3.8, 4) is 0 Å². The zero-order valence-corrected chi connectivity index (χ0v) is 14.0. The van der Waals surface area contributed by atoms with Crippen LogP contribution in [0, 0.1) is 5.92 Å². The monoisotopic (exact) mass is 293 g/mol. The van der Waals surface area contributed by atoms with Crippen molar-refractivity contribution in [3.05, 3.63) is 0 Å². The third-order valence-electron chi connectivity index (χ3n) is 6.14. The highest BCUT2D eigenvalue weighted by molar-refractivity contribution is 4.84. The Bertz CT molecular complexity index is 293. The summed E-state index contributed by atoms with van der Waals surface area (Å²) in [5.74, 6) is 0.930. The Morgan fingerprint density at radius 3 is 2.38 bits per heavy atom. The standard InChI is InChI=1S/C18H35N3/c1-2-20-11-5-6-17(15-20)19-14-16-9-12-21(13-10-16)18-7-3-4-8-18/h16-19H,2-15H2,1H3/t17-/m1/s1. The molecule has 0 aromatic carbocycles. The molecule has 1 saturated carbocycles. The van der Waals surface area contributed by atoms with Crippen molar-refractivity contribution in [3.63, 3.8) is 0 Å². The molecule has 3 rings (SSSR count). The molecule has 1 N–H and O–H groups in total. The van der Waals surface area contributed by atoms with E-state index in [9.17, 15) is 0 Å². The van der Waals surface area contributed by atoms with Gasteiger partial charge in [-0.1, -0.05) is 19.8 Å². The van der Waals surface area contributed by atoms with Crippen molar-refractivity contribution in [2.75, 3.05) is 39.3 Å². The van der Waals surface area contributed by atoms with Crippen LogP contribution in [0.2, 0.25) is 0 Å². The van der Waals surface area contributed by atoms with Gasteiger partial charge in [0.05, 0.1) is 0 Å². The zero-order chi connectivity index (χ0) is 14.5. The predicted molar refractivity (Wildman–Crippen MR) is 89.7 cm³/mol. The van der Waals surface area contributed by atoms with E-state index in [1.54, 1.807) is 0 Å². The summed E-state index contributed by atoms with van der Waals surface area (Å²) in [5, 5.41) is 3.88. The summed E-state index contributed by atoms with van der Waals surface area (Å²) in [4.78, 5) is 5.40. The van der Waals surface area contributed by atoms with Crippen molar-refractivity contribution in [2.24, 2.45) is 5.92 Å². The Kier molecular flexibility index (Phi) is 5.96.